The quantitative estimate of drug-likeness (QED) is 0.203. The van der Waals surface area contributed by atoms with E-state index >= 15 is 0 Å². The molecular formula is C28H34N4O8. The Morgan fingerprint density at radius 1 is 0.900 bits per heavy atom. The number of nitrogens with two attached hydrogens (primary N) is 1. The Bertz CT molecular complexity index is 1200. The van der Waals surface area contributed by atoms with Crippen molar-refractivity contribution in [3.63, 3.8) is 0 Å². The van der Waals surface area contributed by atoms with Gasteiger partial charge in [-0.15, -0.1) is 0 Å². The van der Waals surface area contributed by atoms with Crippen molar-refractivity contribution in [2.45, 2.75) is 62.7 Å². The maximum Gasteiger partial charge on any atom is 0.326 e. The number of hydrogen-bond acceptors (Lipinski definition) is 7. The van der Waals surface area contributed by atoms with Crippen LogP contribution in [0.15, 0.2) is 54.6 Å². The number of likely N-dealkylation sites (tertiary alicyclic amines) is 1. The average Bonchev–Trinajstić information content (AvgIpc) is 3.42. The maximum atomic E-state index is 13.2. The highest BCUT2D eigenvalue weighted by Gasteiger charge is 2.38. The Labute approximate surface area is 231 Å². The third-order valence-corrected chi connectivity index (χ3v) is 6.72. The summed E-state index contributed by atoms with van der Waals surface area (Å²) in [6.07, 6.45) is 0.310. The lowest BCUT2D eigenvalue weighted by atomic mass is 10.0. The van der Waals surface area contributed by atoms with Gasteiger partial charge in [-0.05, 0) is 48.9 Å². The molecule has 3 rings (SSSR count). The van der Waals surface area contributed by atoms with Crippen LogP contribution in [-0.4, -0.2) is 80.6 Å². The lowest BCUT2D eigenvalue weighted by Gasteiger charge is -2.28. The van der Waals surface area contributed by atoms with Crippen LogP contribution in [0, 0.1) is 0 Å². The van der Waals surface area contributed by atoms with Gasteiger partial charge in [0.15, 0.2) is 0 Å². The zero-order valence-corrected chi connectivity index (χ0v) is 21.9. The summed E-state index contributed by atoms with van der Waals surface area (Å²) in [5.74, 6) is -4.33. The molecule has 2 aromatic rings. The van der Waals surface area contributed by atoms with Crippen molar-refractivity contribution in [1.82, 2.24) is 15.5 Å². The number of carboxylic acids is 2. The number of amides is 3. The summed E-state index contributed by atoms with van der Waals surface area (Å²) in [5.41, 5.74) is 7.54. The number of carbonyl (C=O) groups excluding carboxylic acids is 3. The number of carbonyl (C=O) groups is 5. The molecule has 0 saturated carbocycles. The summed E-state index contributed by atoms with van der Waals surface area (Å²) in [7, 11) is 0. The summed E-state index contributed by atoms with van der Waals surface area (Å²) in [6.45, 7) is 0.282. The van der Waals surface area contributed by atoms with Crippen molar-refractivity contribution >= 4 is 29.7 Å². The molecule has 0 aliphatic carbocycles. The lowest BCUT2D eigenvalue weighted by molar-refractivity contribution is -0.143. The van der Waals surface area contributed by atoms with Crippen molar-refractivity contribution in [2.24, 2.45) is 5.73 Å². The minimum absolute atomic E-state index is 0.00860. The van der Waals surface area contributed by atoms with Crippen LogP contribution in [0.4, 0.5) is 0 Å². The Morgan fingerprint density at radius 3 is 2.17 bits per heavy atom. The van der Waals surface area contributed by atoms with Gasteiger partial charge in [-0.2, -0.15) is 0 Å². The molecule has 12 nitrogen and oxygen atoms in total. The van der Waals surface area contributed by atoms with Crippen LogP contribution in [0.3, 0.4) is 0 Å². The van der Waals surface area contributed by atoms with Crippen LogP contribution in [-0.2, 0) is 36.8 Å². The predicted octanol–water partition coefficient (Wildman–Crippen LogP) is 0.415. The first kappa shape index (κ1) is 30.1. The van der Waals surface area contributed by atoms with E-state index in [1.54, 1.807) is 42.5 Å². The van der Waals surface area contributed by atoms with Gasteiger partial charge in [0.1, 0.15) is 23.9 Å². The van der Waals surface area contributed by atoms with Gasteiger partial charge in [0, 0.05) is 19.4 Å². The molecule has 0 aromatic heterocycles. The molecule has 1 heterocycles. The fraction of sp³-hybridized carbons (Fsp3) is 0.393. The molecule has 214 valence electrons. The van der Waals surface area contributed by atoms with Gasteiger partial charge in [0.25, 0.3) is 0 Å². The molecule has 4 unspecified atom stereocenters. The fourth-order valence-corrected chi connectivity index (χ4v) is 4.62. The Hall–Kier alpha value is -4.45. The highest BCUT2D eigenvalue weighted by molar-refractivity contribution is 5.94. The molecule has 1 aliphatic heterocycles. The second-order valence-electron chi connectivity index (χ2n) is 9.75. The number of phenols is 1. The summed E-state index contributed by atoms with van der Waals surface area (Å²) >= 11 is 0. The standard InChI is InChI=1S/C28H34N4O8/c29-20(15-18-8-10-19(33)11-9-18)27(38)32-14-4-7-23(32)26(37)30-21(12-13-24(34)35)25(36)31-22(28(39)40)16-17-5-2-1-3-6-17/h1-3,5-6,8-11,20-23,33H,4,7,12-16,29H2,(H,30,37)(H,31,36)(H,34,35)(H,39,40). The van der Waals surface area contributed by atoms with Gasteiger partial charge in [-0.25, -0.2) is 4.79 Å². The summed E-state index contributed by atoms with van der Waals surface area (Å²) in [6, 6.07) is 10.4. The summed E-state index contributed by atoms with van der Waals surface area (Å²) in [4.78, 5) is 63.8. The Morgan fingerprint density at radius 2 is 1.55 bits per heavy atom. The number of benzene rings is 2. The van der Waals surface area contributed by atoms with Crippen molar-refractivity contribution in [3.05, 3.63) is 65.7 Å². The molecule has 40 heavy (non-hydrogen) atoms. The first-order valence-electron chi connectivity index (χ1n) is 13.0. The van der Waals surface area contributed by atoms with E-state index in [1.807, 2.05) is 0 Å². The number of aromatic hydroxyl groups is 1. The third-order valence-electron chi connectivity index (χ3n) is 6.72. The van der Waals surface area contributed by atoms with Gasteiger partial charge < -0.3 is 36.6 Å². The Kier molecular flexibility index (Phi) is 10.6. The molecule has 0 bridgehead atoms. The minimum atomic E-state index is -1.33. The minimum Gasteiger partial charge on any atom is -0.508 e. The highest BCUT2D eigenvalue weighted by atomic mass is 16.4. The van der Waals surface area contributed by atoms with E-state index in [4.69, 9.17) is 10.8 Å². The van der Waals surface area contributed by atoms with E-state index in [2.05, 4.69) is 10.6 Å². The number of nitrogens with zero attached hydrogens (tertiary/aromatic N) is 1. The molecular weight excluding hydrogens is 520 g/mol. The molecule has 1 saturated heterocycles. The van der Waals surface area contributed by atoms with E-state index in [9.17, 15) is 34.2 Å². The van der Waals surface area contributed by atoms with Gasteiger partial charge in [-0.3, -0.25) is 19.2 Å². The molecule has 2 aromatic carbocycles. The molecule has 0 radical (unpaired) electrons. The fourth-order valence-electron chi connectivity index (χ4n) is 4.62. The van der Waals surface area contributed by atoms with E-state index in [0.717, 1.165) is 5.56 Å². The first-order chi connectivity index (χ1) is 19.0. The third kappa shape index (κ3) is 8.53. The van der Waals surface area contributed by atoms with E-state index in [-0.39, 0.29) is 31.6 Å². The Balaban J connectivity index is 1.68. The van der Waals surface area contributed by atoms with E-state index < -0.39 is 60.2 Å². The van der Waals surface area contributed by atoms with Gasteiger partial charge in [-0.1, -0.05) is 42.5 Å². The molecule has 0 spiro atoms. The molecule has 1 fully saturated rings. The summed E-state index contributed by atoms with van der Waals surface area (Å²) in [5, 5.41) is 33.2. The topological polar surface area (TPSA) is 199 Å². The molecule has 4 atom stereocenters. The average molecular weight is 555 g/mol. The van der Waals surface area contributed by atoms with Crippen LogP contribution in [0.2, 0.25) is 0 Å². The number of phenolic OH excluding ortho intramolecular Hbond substituents is 1. The van der Waals surface area contributed by atoms with Crippen molar-refractivity contribution < 1.29 is 39.3 Å². The number of hydrogen-bond donors (Lipinski definition) is 6. The van der Waals surface area contributed by atoms with Crippen molar-refractivity contribution in [3.8, 4) is 5.75 Å². The normalized spacial score (nSPS) is 16.9. The lowest BCUT2D eigenvalue weighted by Crippen LogP contribution is -2.57. The highest BCUT2D eigenvalue weighted by Crippen LogP contribution is 2.20. The largest absolute Gasteiger partial charge is 0.508 e. The van der Waals surface area contributed by atoms with Crippen molar-refractivity contribution in [1.29, 1.82) is 0 Å². The number of aliphatic carboxylic acids is 2. The van der Waals surface area contributed by atoms with Crippen LogP contribution >= 0.6 is 0 Å². The van der Waals surface area contributed by atoms with E-state index in [1.165, 1.54) is 17.0 Å². The smallest absolute Gasteiger partial charge is 0.326 e. The van der Waals surface area contributed by atoms with Crippen LogP contribution < -0.4 is 16.4 Å². The van der Waals surface area contributed by atoms with E-state index in [0.29, 0.717) is 18.4 Å². The molecule has 7 N–H and O–H groups in total. The van der Waals surface area contributed by atoms with Crippen molar-refractivity contribution in [2.75, 3.05) is 6.54 Å². The molecule has 1 aliphatic rings. The predicted molar refractivity (Wildman–Crippen MR) is 143 cm³/mol. The van der Waals surface area contributed by atoms with Crippen LogP contribution in [0.1, 0.15) is 36.8 Å². The SMILES string of the molecule is NC(Cc1ccc(O)cc1)C(=O)N1CCCC1C(=O)NC(CCC(=O)O)C(=O)NC(Cc1ccccc1)C(=O)O. The number of carboxylic acid groups (broad SMARTS) is 2. The van der Waals surface area contributed by atoms with Gasteiger partial charge in [0.2, 0.25) is 17.7 Å². The van der Waals surface area contributed by atoms with Gasteiger partial charge >= 0.3 is 11.9 Å². The zero-order valence-electron chi connectivity index (χ0n) is 21.9. The maximum absolute atomic E-state index is 13.2. The zero-order chi connectivity index (χ0) is 29.2. The van der Waals surface area contributed by atoms with Crippen LogP contribution in [0.5, 0.6) is 5.75 Å². The van der Waals surface area contributed by atoms with Crippen LogP contribution in [0.25, 0.3) is 0 Å². The number of nitrogens with one attached hydrogen (secondary N) is 2. The monoisotopic (exact) mass is 554 g/mol. The second kappa shape index (κ2) is 14.1. The molecule has 3 amide bonds. The van der Waals surface area contributed by atoms with Gasteiger partial charge in [0.05, 0.1) is 6.04 Å². The number of rotatable bonds is 13. The summed E-state index contributed by atoms with van der Waals surface area (Å²) < 4.78 is 0. The second-order valence-corrected chi connectivity index (χ2v) is 9.75. The molecule has 12 heteroatoms. The first-order valence-corrected chi connectivity index (χ1v) is 13.0.